The number of aryl methyl sites for hydroxylation is 1. The van der Waals surface area contributed by atoms with Gasteiger partial charge in [0.2, 0.25) is 0 Å². The molecule has 14 heteroatoms. The average Bonchev–Trinajstić information content (AvgIpc) is 3.52. The molecule has 2 aromatic rings. The van der Waals surface area contributed by atoms with E-state index in [2.05, 4.69) is 25.6 Å². The van der Waals surface area contributed by atoms with Crippen molar-refractivity contribution in [3.63, 3.8) is 0 Å². The Morgan fingerprint density at radius 2 is 1.92 bits per heavy atom. The first-order valence-corrected chi connectivity index (χ1v) is 14.0. The van der Waals surface area contributed by atoms with Crippen LogP contribution in [0.15, 0.2) is 0 Å². The molecule has 1 saturated heterocycles. The van der Waals surface area contributed by atoms with Gasteiger partial charge in [-0.2, -0.15) is 0 Å². The molecule has 0 aliphatic carbocycles. The number of anilines is 1. The first kappa shape index (κ1) is 29.8. The summed E-state index contributed by atoms with van der Waals surface area (Å²) in [6.45, 7) is 10.1. The summed E-state index contributed by atoms with van der Waals surface area (Å²) in [5, 5.41) is 6.52. The maximum absolute atomic E-state index is 12.8. The number of thiazole rings is 1. The van der Waals surface area contributed by atoms with Crippen LogP contribution in [0.25, 0.3) is 0 Å². The van der Waals surface area contributed by atoms with Gasteiger partial charge in [0.15, 0.2) is 21.8 Å². The van der Waals surface area contributed by atoms with E-state index >= 15 is 0 Å². The van der Waals surface area contributed by atoms with E-state index in [0.717, 1.165) is 11.3 Å². The summed E-state index contributed by atoms with van der Waals surface area (Å²) in [4.78, 5) is 51.9. The number of hydrogen-bond acceptors (Lipinski definition) is 10. The number of nitrogens with zero attached hydrogens (tertiary/aromatic N) is 3. The monoisotopic (exact) mass is 570 g/mol. The van der Waals surface area contributed by atoms with Crippen LogP contribution in [0, 0.1) is 0 Å². The van der Waals surface area contributed by atoms with Gasteiger partial charge in [-0.15, -0.1) is 0 Å². The molecule has 2 amide bonds. The summed E-state index contributed by atoms with van der Waals surface area (Å²) in [6, 6.07) is -0.279. The number of rotatable bonds is 13. The number of nitrogens with one attached hydrogen (secondary N) is 3. The van der Waals surface area contributed by atoms with Crippen molar-refractivity contribution in [1.82, 2.24) is 25.6 Å². The topological polar surface area (TPSA) is 148 Å². The van der Waals surface area contributed by atoms with Gasteiger partial charge >= 0.3 is 5.97 Å². The molecular formula is C24H35ClN6O6S. The molecule has 3 rings (SSSR count). The molecule has 0 spiro atoms. The maximum atomic E-state index is 12.8. The van der Waals surface area contributed by atoms with E-state index in [-0.39, 0.29) is 46.2 Å². The SMILES string of the molecule is CCOCCNC(=O)c1nc(N2CC[C@H](NC(=O)c3nc(Cl)c(CC)[nH]3)[C@H](OCC)C2)sc1C(=O)OCC. The van der Waals surface area contributed by atoms with Crippen LogP contribution < -0.4 is 15.5 Å². The molecule has 0 unspecified atom stereocenters. The van der Waals surface area contributed by atoms with E-state index in [9.17, 15) is 14.4 Å². The highest BCUT2D eigenvalue weighted by atomic mass is 35.5. The molecule has 3 heterocycles. The fraction of sp³-hybridized carbons (Fsp3) is 0.625. The lowest BCUT2D eigenvalue weighted by Gasteiger charge is -2.38. The molecular weight excluding hydrogens is 536 g/mol. The zero-order valence-corrected chi connectivity index (χ0v) is 23.7. The molecule has 3 N–H and O–H groups in total. The summed E-state index contributed by atoms with van der Waals surface area (Å²) in [5.41, 5.74) is 0.719. The normalized spacial score (nSPS) is 17.3. The van der Waals surface area contributed by atoms with Crippen molar-refractivity contribution in [3.05, 3.63) is 27.2 Å². The summed E-state index contributed by atoms with van der Waals surface area (Å²) < 4.78 is 16.4. The van der Waals surface area contributed by atoms with Crippen molar-refractivity contribution in [3.8, 4) is 0 Å². The molecule has 0 saturated carbocycles. The van der Waals surface area contributed by atoms with Gasteiger partial charge in [0, 0.05) is 32.8 Å². The Balaban J connectivity index is 1.75. The van der Waals surface area contributed by atoms with E-state index in [0.29, 0.717) is 63.1 Å². The van der Waals surface area contributed by atoms with Crippen LogP contribution in [0.5, 0.6) is 0 Å². The predicted octanol–water partition coefficient (Wildman–Crippen LogP) is 2.44. The van der Waals surface area contributed by atoms with Crippen molar-refractivity contribution < 1.29 is 28.6 Å². The number of carbonyl (C=O) groups excluding carboxylic acids is 3. The van der Waals surface area contributed by atoms with Crippen LogP contribution in [0.4, 0.5) is 5.13 Å². The lowest BCUT2D eigenvalue weighted by atomic mass is 10.0. The van der Waals surface area contributed by atoms with Crippen LogP contribution in [0.1, 0.15) is 70.6 Å². The number of H-pyrrole nitrogens is 1. The highest BCUT2D eigenvalue weighted by molar-refractivity contribution is 7.17. The summed E-state index contributed by atoms with van der Waals surface area (Å²) in [5.74, 6) is -1.27. The smallest absolute Gasteiger partial charge is 0.350 e. The molecule has 2 aromatic heterocycles. The highest BCUT2D eigenvalue weighted by Gasteiger charge is 2.35. The Labute approximate surface area is 230 Å². The summed E-state index contributed by atoms with van der Waals surface area (Å²) >= 11 is 7.19. The van der Waals surface area contributed by atoms with Crippen LogP contribution in [0.2, 0.25) is 5.15 Å². The van der Waals surface area contributed by atoms with Gasteiger partial charge in [0.05, 0.1) is 31.1 Å². The largest absolute Gasteiger partial charge is 0.462 e. The first-order valence-electron chi connectivity index (χ1n) is 12.8. The van der Waals surface area contributed by atoms with Gasteiger partial charge < -0.3 is 34.7 Å². The highest BCUT2D eigenvalue weighted by Crippen LogP contribution is 2.30. The number of piperidine rings is 1. The second-order valence-corrected chi connectivity index (χ2v) is 9.70. The second-order valence-electron chi connectivity index (χ2n) is 8.36. The fourth-order valence-corrected chi connectivity index (χ4v) is 5.26. The molecule has 1 aliphatic heterocycles. The van der Waals surface area contributed by atoms with Crippen molar-refractivity contribution >= 4 is 45.9 Å². The molecule has 0 radical (unpaired) electrons. The van der Waals surface area contributed by atoms with Crippen LogP contribution in [-0.4, -0.2) is 90.9 Å². The Morgan fingerprint density at radius 3 is 2.58 bits per heavy atom. The third kappa shape index (κ3) is 7.43. The Bertz CT molecular complexity index is 1110. The lowest BCUT2D eigenvalue weighted by molar-refractivity contribution is 0.0271. The number of carbonyl (C=O) groups is 3. The van der Waals surface area contributed by atoms with Crippen LogP contribution in [0.3, 0.4) is 0 Å². The molecule has 38 heavy (non-hydrogen) atoms. The molecule has 0 bridgehead atoms. The van der Waals surface area contributed by atoms with Gasteiger partial charge in [-0.05, 0) is 33.6 Å². The third-order valence-electron chi connectivity index (χ3n) is 5.85. The van der Waals surface area contributed by atoms with Crippen LogP contribution in [-0.2, 0) is 20.6 Å². The Morgan fingerprint density at radius 1 is 1.13 bits per heavy atom. The number of imidazole rings is 1. The molecule has 1 fully saturated rings. The summed E-state index contributed by atoms with van der Waals surface area (Å²) in [7, 11) is 0. The van der Waals surface area contributed by atoms with Gasteiger partial charge in [-0.25, -0.2) is 14.8 Å². The average molecular weight is 571 g/mol. The van der Waals surface area contributed by atoms with Gasteiger partial charge in [-0.3, -0.25) is 9.59 Å². The number of aromatic nitrogens is 3. The summed E-state index contributed by atoms with van der Waals surface area (Å²) in [6.07, 6.45) is 0.829. The van der Waals surface area contributed by atoms with Crippen molar-refractivity contribution in [2.45, 2.75) is 52.7 Å². The number of ether oxygens (including phenoxy) is 3. The second kappa shape index (κ2) is 14.4. The first-order chi connectivity index (χ1) is 18.3. The number of hydrogen-bond donors (Lipinski definition) is 3. The quantitative estimate of drug-likeness (QED) is 0.244. The van der Waals surface area contributed by atoms with Crippen LogP contribution >= 0.6 is 22.9 Å². The van der Waals surface area contributed by atoms with E-state index in [1.807, 2.05) is 25.7 Å². The van der Waals surface area contributed by atoms with Gasteiger partial charge in [-0.1, -0.05) is 29.9 Å². The van der Waals surface area contributed by atoms with Crippen molar-refractivity contribution in [2.24, 2.45) is 0 Å². The predicted molar refractivity (Wildman–Crippen MR) is 143 cm³/mol. The van der Waals surface area contributed by atoms with E-state index in [4.69, 9.17) is 25.8 Å². The Kier molecular flexibility index (Phi) is 11.3. The number of aromatic amines is 1. The zero-order chi connectivity index (χ0) is 27.7. The Hall–Kier alpha value is -2.74. The van der Waals surface area contributed by atoms with E-state index in [1.54, 1.807) is 6.92 Å². The minimum absolute atomic E-state index is 0.0183. The molecule has 2 atom stereocenters. The number of esters is 1. The fourth-order valence-electron chi connectivity index (χ4n) is 4.00. The van der Waals surface area contributed by atoms with E-state index in [1.165, 1.54) is 0 Å². The third-order valence-corrected chi connectivity index (χ3v) is 7.26. The molecule has 210 valence electrons. The maximum Gasteiger partial charge on any atom is 0.350 e. The molecule has 12 nitrogen and oxygen atoms in total. The minimum Gasteiger partial charge on any atom is -0.462 e. The molecule has 0 aromatic carbocycles. The lowest BCUT2D eigenvalue weighted by Crippen LogP contribution is -2.55. The molecule has 1 aliphatic rings. The van der Waals surface area contributed by atoms with E-state index < -0.39 is 11.9 Å². The van der Waals surface area contributed by atoms with Crippen molar-refractivity contribution in [2.75, 3.05) is 51.0 Å². The van der Waals surface area contributed by atoms with Gasteiger partial charge in [0.1, 0.15) is 4.88 Å². The number of amides is 2. The van der Waals surface area contributed by atoms with Crippen molar-refractivity contribution in [1.29, 1.82) is 0 Å². The standard InChI is InChI=1S/C24H35ClN6O6S/c1-5-14-19(25)30-20(27-14)22(33)28-15-9-11-31(13-16(15)36-7-3)24-29-17(18(38-24)23(34)37-8-4)21(32)26-10-12-35-6-2/h15-16H,5-13H2,1-4H3,(H,26,32)(H,27,30)(H,28,33)/t15-,16+/m0/s1. The number of halogens is 1. The van der Waals surface area contributed by atoms with Gasteiger partial charge in [0.25, 0.3) is 11.8 Å². The zero-order valence-electron chi connectivity index (χ0n) is 22.1. The minimum atomic E-state index is -0.599.